The molecule has 1 amide bonds. The highest BCUT2D eigenvalue weighted by Gasteiger charge is 2.40. The smallest absolute Gasteiger partial charge is 0.335 e. The predicted octanol–water partition coefficient (Wildman–Crippen LogP) is 3.04. The first-order valence-electron chi connectivity index (χ1n) is 9.61. The summed E-state index contributed by atoms with van der Waals surface area (Å²) >= 11 is 0. The molecule has 0 aliphatic carbocycles. The number of aromatic carboxylic acids is 1. The Balaban J connectivity index is 1.70. The maximum atomic E-state index is 13.5. The van der Waals surface area contributed by atoms with E-state index in [0.29, 0.717) is 32.6 Å². The van der Waals surface area contributed by atoms with Crippen LogP contribution in [0.3, 0.4) is 0 Å². The summed E-state index contributed by atoms with van der Waals surface area (Å²) in [7, 11) is 0. The Morgan fingerprint density at radius 3 is 2.48 bits per heavy atom. The van der Waals surface area contributed by atoms with Crippen LogP contribution in [0.4, 0.5) is 4.39 Å². The van der Waals surface area contributed by atoms with Gasteiger partial charge >= 0.3 is 5.97 Å². The van der Waals surface area contributed by atoms with Crippen LogP contribution in [0.1, 0.15) is 47.3 Å². The maximum absolute atomic E-state index is 13.5. The van der Waals surface area contributed by atoms with Crippen LogP contribution in [-0.4, -0.2) is 35.7 Å². The van der Waals surface area contributed by atoms with Crippen molar-refractivity contribution in [2.24, 2.45) is 0 Å². The number of ether oxygens (including phenoxy) is 1. The minimum Gasteiger partial charge on any atom is -0.478 e. The first-order chi connectivity index (χ1) is 13.9. The number of carbonyl (C=O) groups excluding carboxylic acids is 1. The van der Waals surface area contributed by atoms with Gasteiger partial charge in [-0.25, -0.2) is 9.18 Å². The Morgan fingerprint density at radius 1 is 1.17 bits per heavy atom. The van der Waals surface area contributed by atoms with E-state index in [1.54, 1.807) is 18.2 Å². The second-order valence-corrected chi connectivity index (χ2v) is 7.30. The molecule has 1 saturated heterocycles. The van der Waals surface area contributed by atoms with Crippen LogP contribution in [0.15, 0.2) is 48.5 Å². The van der Waals surface area contributed by atoms with E-state index in [4.69, 9.17) is 9.84 Å². The summed E-state index contributed by atoms with van der Waals surface area (Å²) in [5.74, 6) is -1.45. The van der Waals surface area contributed by atoms with Crippen molar-refractivity contribution in [3.05, 3.63) is 71.0 Å². The van der Waals surface area contributed by atoms with Crippen molar-refractivity contribution in [2.45, 2.75) is 37.9 Å². The Hall–Kier alpha value is -2.77. The van der Waals surface area contributed by atoms with Gasteiger partial charge in [-0.15, -0.1) is 0 Å². The standard InChI is InChI=1S/C22H25FN2O4/c1-15(17-5-7-18(8-6-17)20(26)27)25-21(28)22(9-11-29-12-10-22)24-14-16-3-2-4-19(23)13-16/h2-8,13,15,24H,9-12,14H2,1H3,(H,25,28)(H,26,27). The van der Waals surface area contributed by atoms with E-state index in [1.807, 2.05) is 13.0 Å². The van der Waals surface area contributed by atoms with E-state index in [-0.39, 0.29) is 23.3 Å². The number of halogens is 1. The highest BCUT2D eigenvalue weighted by atomic mass is 19.1. The van der Waals surface area contributed by atoms with Crippen molar-refractivity contribution >= 4 is 11.9 Å². The number of amides is 1. The lowest BCUT2D eigenvalue weighted by atomic mass is 9.88. The second-order valence-electron chi connectivity index (χ2n) is 7.30. The first kappa shape index (κ1) is 21.0. The van der Waals surface area contributed by atoms with Crippen LogP contribution in [0, 0.1) is 5.82 Å². The molecule has 1 heterocycles. The summed E-state index contributed by atoms with van der Waals surface area (Å²) in [6, 6.07) is 12.4. The highest BCUT2D eigenvalue weighted by molar-refractivity contribution is 5.88. The molecule has 0 radical (unpaired) electrons. The van der Waals surface area contributed by atoms with E-state index in [1.165, 1.54) is 24.3 Å². The zero-order valence-electron chi connectivity index (χ0n) is 16.3. The molecule has 154 valence electrons. The third-order valence-electron chi connectivity index (χ3n) is 5.31. The average molecular weight is 400 g/mol. The van der Waals surface area contributed by atoms with Crippen LogP contribution in [0.2, 0.25) is 0 Å². The van der Waals surface area contributed by atoms with Crippen LogP contribution < -0.4 is 10.6 Å². The fourth-order valence-corrected chi connectivity index (χ4v) is 3.45. The lowest BCUT2D eigenvalue weighted by Crippen LogP contribution is -2.59. The number of carbonyl (C=O) groups is 2. The monoisotopic (exact) mass is 400 g/mol. The third kappa shape index (κ3) is 5.19. The van der Waals surface area contributed by atoms with Crippen molar-refractivity contribution in [1.82, 2.24) is 10.6 Å². The first-order valence-corrected chi connectivity index (χ1v) is 9.61. The summed E-state index contributed by atoms with van der Waals surface area (Å²) < 4.78 is 18.9. The third-order valence-corrected chi connectivity index (χ3v) is 5.31. The van der Waals surface area contributed by atoms with Crippen molar-refractivity contribution in [2.75, 3.05) is 13.2 Å². The van der Waals surface area contributed by atoms with Gasteiger partial charge in [0, 0.05) is 19.8 Å². The van der Waals surface area contributed by atoms with E-state index >= 15 is 0 Å². The Bertz CT molecular complexity index is 863. The average Bonchev–Trinajstić information content (AvgIpc) is 2.73. The molecule has 2 aromatic rings. The largest absolute Gasteiger partial charge is 0.478 e. The fraction of sp³-hybridized carbons (Fsp3) is 0.364. The summed E-state index contributed by atoms with van der Waals surface area (Å²) in [5.41, 5.74) is 0.974. The molecule has 2 aromatic carbocycles. The van der Waals surface area contributed by atoms with Crippen LogP contribution in [0.25, 0.3) is 0 Å². The van der Waals surface area contributed by atoms with E-state index < -0.39 is 11.5 Å². The van der Waals surface area contributed by atoms with Crippen molar-refractivity contribution < 1.29 is 23.8 Å². The molecule has 1 aliphatic rings. The molecule has 0 aromatic heterocycles. The molecule has 29 heavy (non-hydrogen) atoms. The maximum Gasteiger partial charge on any atom is 0.335 e. The van der Waals surface area contributed by atoms with Crippen LogP contribution >= 0.6 is 0 Å². The number of benzene rings is 2. The molecule has 7 heteroatoms. The van der Waals surface area contributed by atoms with E-state index in [2.05, 4.69) is 10.6 Å². The normalized spacial score (nSPS) is 16.8. The molecule has 1 fully saturated rings. The van der Waals surface area contributed by atoms with Crippen LogP contribution in [0.5, 0.6) is 0 Å². The molecule has 1 aliphatic heterocycles. The lowest BCUT2D eigenvalue weighted by Gasteiger charge is -2.37. The summed E-state index contributed by atoms with van der Waals surface area (Å²) in [6.45, 7) is 3.15. The highest BCUT2D eigenvalue weighted by Crippen LogP contribution is 2.24. The van der Waals surface area contributed by atoms with Gasteiger partial charge in [0.2, 0.25) is 5.91 Å². The van der Waals surface area contributed by atoms with E-state index in [0.717, 1.165) is 11.1 Å². The SMILES string of the molecule is CC(NC(=O)C1(NCc2cccc(F)c2)CCOCC1)c1ccc(C(=O)O)cc1. The summed E-state index contributed by atoms with van der Waals surface area (Å²) in [4.78, 5) is 24.2. The minimum atomic E-state index is -0.990. The number of nitrogens with one attached hydrogen (secondary N) is 2. The predicted molar refractivity (Wildman–Crippen MR) is 106 cm³/mol. The van der Waals surface area contributed by atoms with Gasteiger partial charge in [-0.1, -0.05) is 24.3 Å². The van der Waals surface area contributed by atoms with Gasteiger partial charge in [-0.3, -0.25) is 10.1 Å². The van der Waals surface area contributed by atoms with Gasteiger partial charge in [0.15, 0.2) is 0 Å². The molecule has 1 unspecified atom stereocenters. The van der Waals surface area contributed by atoms with Crippen molar-refractivity contribution in [3.8, 4) is 0 Å². The number of carboxylic acid groups (broad SMARTS) is 1. The molecular weight excluding hydrogens is 375 g/mol. The van der Waals surface area contributed by atoms with Gasteiger partial charge in [-0.2, -0.15) is 0 Å². The van der Waals surface area contributed by atoms with Crippen molar-refractivity contribution in [3.63, 3.8) is 0 Å². The fourth-order valence-electron chi connectivity index (χ4n) is 3.45. The number of carboxylic acids is 1. The number of rotatable bonds is 7. The van der Waals surface area contributed by atoms with E-state index in [9.17, 15) is 14.0 Å². The molecular formula is C22H25FN2O4. The molecule has 6 nitrogen and oxygen atoms in total. The Morgan fingerprint density at radius 2 is 1.86 bits per heavy atom. The summed E-state index contributed by atoms with van der Waals surface area (Å²) in [6.07, 6.45) is 1.03. The molecule has 0 bridgehead atoms. The zero-order valence-corrected chi connectivity index (χ0v) is 16.3. The van der Waals surface area contributed by atoms with Gasteiger partial charge < -0.3 is 15.2 Å². The Kier molecular flexibility index (Phi) is 6.61. The summed E-state index contributed by atoms with van der Waals surface area (Å²) in [5, 5.41) is 15.4. The number of hydrogen-bond acceptors (Lipinski definition) is 4. The minimum absolute atomic E-state index is 0.146. The lowest BCUT2D eigenvalue weighted by molar-refractivity contribution is -0.132. The molecule has 0 spiro atoms. The van der Waals surface area contributed by atoms with Gasteiger partial charge in [0.05, 0.1) is 11.6 Å². The molecule has 1 atom stereocenters. The molecule has 0 saturated carbocycles. The molecule has 3 N–H and O–H groups in total. The Labute approximate surface area is 169 Å². The quantitative estimate of drug-likeness (QED) is 0.665. The van der Waals surface area contributed by atoms with Gasteiger partial charge in [-0.05, 0) is 55.2 Å². The second kappa shape index (κ2) is 9.15. The topological polar surface area (TPSA) is 87.7 Å². The van der Waals surface area contributed by atoms with Gasteiger partial charge in [0.1, 0.15) is 11.4 Å². The van der Waals surface area contributed by atoms with Crippen molar-refractivity contribution in [1.29, 1.82) is 0 Å². The number of hydrogen-bond donors (Lipinski definition) is 3. The van der Waals surface area contributed by atoms with Gasteiger partial charge in [0.25, 0.3) is 0 Å². The van der Waals surface area contributed by atoms with Crippen LogP contribution in [-0.2, 0) is 16.1 Å². The molecule has 3 rings (SSSR count). The zero-order chi connectivity index (χ0) is 20.9.